The quantitative estimate of drug-likeness (QED) is 0.551. The summed E-state index contributed by atoms with van der Waals surface area (Å²) in [5.41, 5.74) is 2.75. The summed E-state index contributed by atoms with van der Waals surface area (Å²) in [5.74, 6) is -0.0779. The molecule has 0 aliphatic carbocycles. The van der Waals surface area contributed by atoms with Crippen LogP contribution in [0.2, 0.25) is 0 Å². The standard InChI is InChI=1S/C22H28F2O/c1-6-10-22(3,4)14-16-11-15(7-2)21(24)13-18(16)19-12-17(25-5)8-9-20(19)23/h8-9,11-13H,6-7,10,14H2,1-5H3. The van der Waals surface area contributed by atoms with Gasteiger partial charge >= 0.3 is 0 Å². The van der Waals surface area contributed by atoms with E-state index < -0.39 is 0 Å². The van der Waals surface area contributed by atoms with Crippen molar-refractivity contribution in [1.29, 1.82) is 0 Å². The Morgan fingerprint density at radius 3 is 2.24 bits per heavy atom. The van der Waals surface area contributed by atoms with Crippen LogP contribution < -0.4 is 4.74 Å². The molecule has 0 fully saturated rings. The Hall–Kier alpha value is -1.90. The average molecular weight is 346 g/mol. The van der Waals surface area contributed by atoms with Gasteiger partial charge in [0.2, 0.25) is 0 Å². The van der Waals surface area contributed by atoms with Crippen molar-refractivity contribution in [3.8, 4) is 16.9 Å². The van der Waals surface area contributed by atoms with Gasteiger partial charge < -0.3 is 4.74 Å². The fourth-order valence-corrected chi connectivity index (χ4v) is 3.46. The molecule has 0 spiro atoms. The molecule has 0 radical (unpaired) electrons. The Bertz CT molecular complexity index is 735. The number of aryl methyl sites for hydroxylation is 1. The number of rotatable bonds is 7. The van der Waals surface area contributed by atoms with Crippen molar-refractivity contribution >= 4 is 0 Å². The number of halogens is 2. The molecule has 25 heavy (non-hydrogen) atoms. The number of methoxy groups -OCH3 is 1. The van der Waals surface area contributed by atoms with E-state index in [1.807, 2.05) is 13.0 Å². The van der Waals surface area contributed by atoms with Gasteiger partial charge in [0.05, 0.1) is 7.11 Å². The van der Waals surface area contributed by atoms with Crippen molar-refractivity contribution in [2.75, 3.05) is 7.11 Å². The SMILES string of the molecule is CCCC(C)(C)Cc1cc(CC)c(F)cc1-c1cc(OC)ccc1F. The van der Waals surface area contributed by atoms with Gasteiger partial charge in [0, 0.05) is 5.56 Å². The van der Waals surface area contributed by atoms with E-state index in [1.165, 1.54) is 12.1 Å². The first-order chi connectivity index (χ1) is 11.8. The van der Waals surface area contributed by atoms with E-state index in [1.54, 1.807) is 19.2 Å². The second kappa shape index (κ2) is 7.99. The smallest absolute Gasteiger partial charge is 0.131 e. The number of hydrogen-bond donors (Lipinski definition) is 0. The van der Waals surface area contributed by atoms with Crippen LogP contribution in [0.5, 0.6) is 5.75 Å². The summed E-state index contributed by atoms with van der Waals surface area (Å²) in [6, 6.07) is 7.98. The Morgan fingerprint density at radius 2 is 1.64 bits per heavy atom. The minimum absolute atomic E-state index is 0.0711. The fraction of sp³-hybridized carbons (Fsp3) is 0.455. The zero-order valence-corrected chi connectivity index (χ0v) is 15.9. The zero-order valence-electron chi connectivity index (χ0n) is 15.9. The molecule has 0 aliphatic heterocycles. The molecule has 0 heterocycles. The van der Waals surface area contributed by atoms with Gasteiger partial charge in [-0.15, -0.1) is 0 Å². The van der Waals surface area contributed by atoms with Gasteiger partial charge in [0.15, 0.2) is 0 Å². The second-order valence-electron chi connectivity index (χ2n) is 7.39. The molecule has 0 aromatic heterocycles. The molecule has 2 aromatic carbocycles. The minimum Gasteiger partial charge on any atom is -0.497 e. The highest BCUT2D eigenvalue weighted by Gasteiger charge is 2.22. The molecule has 0 saturated heterocycles. The van der Waals surface area contributed by atoms with Crippen LogP contribution in [0.4, 0.5) is 8.78 Å². The summed E-state index contributed by atoms with van der Waals surface area (Å²) in [6.07, 6.45) is 3.54. The average Bonchev–Trinajstić information content (AvgIpc) is 2.56. The normalized spacial score (nSPS) is 11.6. The lowest BCUT2D eigenvalue weighted by molar-refractivity contribution is 0.329. The first kappa shape index (κ1) is 19.4. The number of ether oxygens (including phenoxy) is 1. The van der Waals surface area contributed by atoms with Crippen LogP contribution in [0.1, 0.15) is 51.7 Å². The summed E-state index contributed by atoms with van der Waals surface area (Å²) >= 11 is 0. The van der Waals surface area contributed by atoms with Crippen molar-refractivity contribution < 1.29 is 13.5 Å². The monoisotopic (exact) mass is 346 g/mol. The van der Waals surface area contributed by atoms with Gasteiger partial charge in [-0.1, -0.05) is 40.2 Å². The first-order valence-electron chi connectivity index (χ1n) is 8.96. The van der Waals surface area contributed by atoms with Crippen molar-refractivity contribution in [3.05, 3.63) is 53.1 Å². The van der Waals surface area contributed by atoms with Crippen LogP contribution in [0.25, 0.3) is 11.1 Å². The van der Waals surface area contributed by atoms with Crippen molar-refractivity contribution in [1.82, 2.24) is 0 Å². The lowest BCUT2D eigenvalue weighted by Crippen LogP contribution is -2.16. The van der Waals surface area contributed by atoms with Crippen molar-refractivity contribution in [2.24, 2.45) is 5.41 Å². The highest BCUT2D eigenvalue weighted by molar-refractivity contribution is 5.70. The third kappa shape index (κ3) is 4.59. The molecule has 0 saturated carbocycles. The molecule has 3 heteroatoms. The Morgan fingerprint density at radius 1 is 0.920 bits per heavy atom. The van der Waals surface area contributed by atoms with Gasteiger partial charge in [0.25, 0.3) is 0 Å². The lowest BCUT2D eigenvalue weighted by atomic mass is 9.79. The highest BCUT2D eigenvalue weighted by atomic mass is 19.1. The molecule has 2 rings (SSSR count). The third-order valence-corrected chi connectivity index (χ3v) is 4.71. The highest BCUT2D eigenvalue weighted by Crippen LogP contribution is 2.36. The van der Waals surface area contributed by atoms with Gasteiger partial charge in [-0.05, 0) is 65.6 Å². The van der Waals surface area contributed by atoms with E-state index in [2.05, 4.69) is 20.8 Å². The maximum Gasteiger partial charge on any atom is 0.131 e. The van der Waals surface area contributed by atoms with E-state index in [4.69, 9.17) is 4.74 Å². The van der Waals surface area contributed by atoms with Gasteiger partial charge in [0.1, 0.15) is 17.4 Å². The summed E-state index contributed by atoms with van der Waals surface area (Å²) in [7, 11) is 1.54. The predicted octanol–water partition coefficient (Wildman–Crippen LogP) is 6.57. The summed E-state index contributed by atoms with van der Waals surface area (Å²) in [6.45, 7) is 8.51. The molecule has 2 aromatic rings. The van der Waals surface area contributed by atoms with Gasteiger partial charge in [-0.3, -0.25) is 0 Å². The van der Waals surface area contributed by atoms with Crippen LogP contribution in [0, 0.1) is 17.0 Å². The molecule has 0 bridgehead atoms. The molecule has 0 aliphatic rings. The maximum absolute atomic E-state index is 14.5. The fourth-order valence-electron chi connectivity index (χ4n) is 3.46. The lowest BCUT2D eigenvalue weighted by Gasteiger charge is -2.26. The molecular weight excluding hydrogens is 318 g/mol. The van der Waals surface area contributed by atoms with Crippen LogP contribution in [-0.4, -0.2) is 7.11 Å². The Labute approximate surface area is 150 Å². The van der Waals surface area contributed by atoms with Crippen LogP contribution in [-0.2, 0) is 12.8 Å². The van der Waals surface area contributed by atoms with Crippen molar-refractivity contribution in [3.63, 3.8) is 0 Å². The Balaban J connectivity index is 2.62. The van der Waals surface area contributed by atoms with Crippen LogP contribution in [0.15, 0.2) is 30.3 Å². The molecular formula is C22H28F2O. The van der Waals surface area contributed by atoms with Gasteiger partial charge in [-0.2, -0.15) is 0 Å². The molecule has 0 atom stereocenters. The van der Waals surface area contributed by atoms with E-state index in [0.717, 1.165) is 24.8 Å². The molecule has 1 nitrogen and oxygen atoms in total. The summed E-state index contributed by atoms with van der Waals surface area (Å²) < 4.78 is 34.2. The third-order valence-electron chi connectivity index (χ3n) is 4.71. The number of benzene rings is 2. The minimum atomic E-state index is -0.362. The Kier molecular flexibility index (Phi) is 6.21. The summed E-state index contributed by atoms with van der Waals surface area (Å²) in [5, 5.41) is 0. The zero-order chi connectivity index (χ0) is 18.6. The predicted molar refractivity (Wildman–Crippen MR) is 100 cm³/mol. The van der Waals surface area contributed by atoms with Gasteiger partial charge in [-0.25, -0.2) is 8.78 Å². The molecule has 0 amide bonds. The van der Waals surface area contributed by atoms with Crippen LogP contribution in [0.3, 0.4) is 0 Å². The van der Waals surface area contributed by atoms with E-state index in [9.17, 15) is 8.78 Å². The van der Waals surface area contributed by atoms with E-state index >= 15 is 0 Å². The molecule has 0 unspecified atom stereocenters. The first-order valence-corrected chi connectivity index (χ1v) is 8.96. The molecule has 136 valence electrons. The van der Waals surface area contributed by atoms with E-state index in [-0.39, 0.29) is 17.0 Å². The van der Waals surface area contributed by atoms with Crippen LogP contribution >= 0.6 is 0 Å². The maximum atomic E-state index is 14.5. The van der Waals surface area contributed by atoms with Crippen molar-refractivity contribution in [2.45, 2.75) is 53.4 Å². The summed E-state index contributed by atoms with van der Waals surface area (Å²) in [4.78, 5) is 0. The number of hydrogen-bond acceptors (Lipinski definition) is 1. The van der Waals surface area contributed by atoms with E-state index in [0.29, 0.717) is 28.9 Å². The molecule has 0 N–H and O–H groups in total. The largest absolute Gasteiger partial charge is 0.497 e. The second-order valence-corrected chi connectivity index (χ2v) is 7.39. The topological polar surface area (TPSA) is 9.23 Å².